The molecule has 0 spiro atoms. The first-order valence-corrected chi connectivity index (χ1v) is 7.82. The van der Waals surface area contributed by atoms with Crippen molar-refractivity contribution in [3.05, 3.63) is 59.1 Å². The average Bonchev–Trinajstić information content (AvgIpc) is 2.59. The zero-order valence-corrected chi connectivity index (χ0v) is 14.2. The third-order valence-electron chi connectivity index (χ3n) is 3.31. The van der Waals surface area contributed by atoms with Crippen molar-refractivity contribution in [1.82, 2.24) is 0 Å². The van der Waals surface area contributed by atoms with Gasteiger partial charge in [-0.05, 0) is 48.9 Å². The molecule has 0 aliphatic carbocycles. The van der Waals surface area contributed by atoms with Gasteiger partial charge in [0.25, 0.3) is 5.91 Å². The van der Waals surface area contributed by atoms with Gasteiger partial charge in [0.15, 0.2) is 6.10 Å². The standard InChI is InChI=1S/C18H18ClNO4/c1-3-16(24-15-6-4-5-13(19)11-15)17(21)20-14-9-7-12(8-10-14)18(22)23-2/h4-11,16H,3H2,1-2H3,(H,20,21)/t16-/m1/s1. The maximum Gasteiger partial charge on any atom is 0.337 e. The Labute approximate surface area is 145 Å². The second-order valence-corrected chi connectivity index (χ2v) is 5.47. The smallest absolute Gasteiger partial charge is 0.337 e. The van der Waals surface area contributed by atoms with Crippen molar-refractivity contribution in [3.8, 4) is 5.75 Å². The molecule has 1 amide bonds. The molecule has 1 atom stereocenters. The first-order valence-electron chi connectivity index (χ1n) is 7.45. The van der Waals surface area contributed by atoms with Gasteiger partial charge in [0.2, 0.25) is 0 Å². The summed E-state index contributed by atoms with van der Waals surface area (Å²) in [5.41, 5.74) is 0.985. The number of benzene rings is 2. The van der Waals surface area contributed by atoms with E-state index in [-0.39, 0.29) is 5.91 Å². The molecule has 0 saturated heterocycles. The highest BCUT2D eigenvalue weighted by Gasteiger charge is 2.19. The predicted molar refractivity (Wildman–Crippen MR) is 92.6 cm³/mol. The number of carbonyl (C=O) groups is 2. The summed E-state index contributed by atoms with van der Waals surface area (Å²) < 4.78 is 10.3. The molecule has 0 aliphatic rings. The molecule has 0 aliphatic heterocycles. The van der Waals surface area contributed by atoms with Gasteiger partial charge in [-0.1, -0.05) is 24.6 Å². The van der Waals surface area contributed by atoms with E-state index in [1.807, 2.05) is 6.92 Å². The van der Waals surface area contributed by atoms with Crippen LogP contribution in [0.3, 0.4) is 0 Å². The summed E-state index contributed by atoms with van der Waals surface area (Å²) in [5, 5.41) is 3.31. The molecule has 1 N–H and O–H groups in total. The van der Waals surface area contributed by atoms with Gasteiger partial charge in [0.05, 0.1) is 12.7 Å². The van der Waals surface area contributed by atoms with E-state index in [1.54, 1.807) is 48.5 Å². The molecule has 2 aromatic rings. The predicted octanol–water partition coefficient (Wildman–Crippen LogP) is 3.92. The van der Waals surface area contributed by atoms with Crippen molar-refractivity contribution in [1.29, 1.82) is 0 Å². The Balaban J connectivity index is 2.02. The van der Waals surface area contributed by atoms with Crippen LogP contribution in [0, 0.1) is 0 Å². The third-order valence-corrected chi connectivity index (χ3v) is 3.55. The number of methoxy groups -OCH3 is 1. The number of hydrogen-bond donors (Lipinski definition) is 1. The van der Waals surface area contributed by atoms with Crippen LogP contribution in [0.2, 0.25) is 5.02 Å². The molecular formula is C18H18ClNO4. The summed E-state index contributed by atoms with van der Waals surface area (Å²) >= 11 is 5.91. The highest BCUT2D eigenvalue weighted by molar-refractivity contribution is 6.30. The van der Waals surface area contributed by atoms with E-state index >= 15 is 0 Å². The fourth-order valence-corrected chi connectivity index (χ4v) is 2.24. The summed E-state index contributed by atoms with van der Waals surface area (Å²) in [4.78, 5) is 23.7. The molecule has 0 fully saturated rings. The highest BCUT2D eigenvalue weighted by Crippen LogP contribution is 2.20. The van der Waals surface area contributed by atoms with E-state index in [0.29, 0.717) is 28.4 Å². The van der Waals surface area contributed by atoms with Crippen molar-refractivity contribution in [2.45, 2.75) is 19.4 Å². The minimum atomic E-state index is -0.649. The summed E-state index contributed by atoms with van der Waals surface area (Å²) in [6.45, 7) is 1.86. The molecule has 126 valence electrons. The topological polar surface area (TPSA) is 64.6 Å². The van der Waals surface area contributed by atoms with Gasteiger partial charge in [-0.2, -0.15) is 0 Å². The fourth-order valence-electron chi connectivity index (χ4n) is 2.06. The maximum atomic E-state index is 12.3. The first-order chi connectivity index (χ1) is 11.5. The van der Waals surface area contributed by atoms with Crippen LogP contribution in [-0.4, -0.2) is 25.1 Å². The molecular weight excluding hydrogens is 330 g/mol. The number of hydrogen-bond acceptors (Lipinski definition) is 4. The van der Waals surface area contributed by atoms with Gasteiger partial charge in [0.1, 0.15) is 5.75 Å². The zero-order chi connectivity index (χ0) is 17.5. The van der Waals surface area contributed by atoms with E-state index in [2.05, 4.69) is 10.1 Å². The van der Waals surface area contributed by atoms with Gasteiger partial charge in [0, 0.05) is 10.7 Å². The first kappa shape index (κ1) is 17.8. The number of ether oxygens (including phenoxy) is 2. The molecule has 0 unspecified atom stereocenters. The number of nitrogens with one attached hydrogen (secondary N) is 1. The normalized spacial score (nSPS) is 11.5. The van der Waals surface area contributed by atoms with E-state index in [4.69, 9.17) is 16.3 Å². The third kappa shape index (κ3) is 4.73. The van der Waals surface area contributed by atoms with Crippen molar-refractivity contribution >= 4 is 29.2 Å². The number of anilines is 1. The highest BCUT2D eigenvalue weighted by atomic mass is 35.5. The minimum absolute atomic E-state index is 0.275. The monoisotopic (exact) mass is 347 g/mol. The van der Waals surface area contributed by atoms with Crippen molar-refractivity contribution in [2.24, 2.45) is 0 Å². The van der Waals surface area contributed by atoms with Crippen LogP contribution in [-0.2, 0) is 9.53 Å². The number of carbonyl (C=O) groups excluding carboxylic acids is 2. The van der Waals surface area contributed by atoms with E-state index in [1.165, 1.54) is 7.11 Å². The lowest BCUT2D eigenvalue weighted by atomic mass is 10.2. The molecule has 5 nitrogen and oxygen atoms in total. The van der Waals surface area contributed by atoms with Gasteiger partial charge in [-0.15, -0.1) is 0 Å². The van der Waals surface area contributed by atoms with Crippen LogP contribution in [0.1, 0.15) is 23.7 Å². The Bertz CT molecular complexity index is 715. The van der Waals surface area contributed by atoms with E-state index < -0.39 is 12.1 Å². The Morgan fingerprint density at radius 1 is 1.17 bits per heavy atom. The van der Waals surface area contributed by atoms with Crippen LogP contribution >= 0.6 is 11.6 Å². The van der Waals surface area contributed by atoms with E-state index in [9.17, 15) is 9.59 Å². The van der Waals surface area contributed by atoms with Gasteiger partial charge in [-0.3, -0.25) is 4.79 Å². The summed E-state index contributed by atoms with van der Waals surface area (Å²) in [6, 6.07) is 13.3. The van der Waals surface area contributed by atoms with Crippen LogP contribution in [0.4, 0.5) is 5.69 Å². The van der Waals surface area contributed by atoms with Crippen molar-refractivity contribution < 1.29 is 19.1 Å². The minimum Gasteiger partial charge on any atom is -0.481 e. The number of rotatable bonds is 6. The van der Waals surface area contributed by atoms with Crippen LogP contribution in [0.15, 0.2) is 48.5 Å². The molecule has 2 rings (SSSR count). The average molecular weight is 348 g/mol. The van der Waals surface area contributed by atoms with Crippen LogP contribution < -0.4 is 10.1 Å². The number of amides is 1. The second kappa shape index (κ2) is 8.36. The lowest BCUT2D eigenvalue weighted by Crippen LogP contribution is -2.32. The van der Waals surface area contributed by atoms with Gasteiger partial charge >= 0.3 is 5.97 Å². The molecule has 6 heteroatoms. The Hall–Kier alpha value is -2.53. The summed E-state index contributed by atoms with van der Waals surface area (Å²) in [7, 11) is 1.32. The van der Waals surface area contributed by atoms with E-state index in [0.717, 1.165) is 0 Å². The number of esters is 1. The molecule has 0 aromatic heterocycles. The SMILES string of the molecule is CC[C@@H](Oc1cccc(Cl)c1)C(=O)Nc1ccc(C(=O)OC)cc1. The molecule has 0 heterocycles. The molecule has 24 heavy (non-hydrogen) atoms. The largest absolute Gasteiger partial charge is 0.481 e. The van der Waals surface area contributed by atoms with Crippen molar-refractivity contribution in [3.63, 3.8) is 0 Å². The summed E-state index contributed by atoms with van der Waals surface area (Å²) in [5.74, 6) is -0.169. The fraction of sp³-hybridized carbons (Fsp3) is 0.222. The summed E-state index contributed by atoms with van der Waals surface area (Å²) in [6.07, 6.45) is -0.151. The molecule has 0 radical (unpaired) electrons. The van der Waals surface area contributed by atoms with Gasteiger partial charge < -0.3 is 14.8 Å². The quantitative estimate of drug-likeness (QED) is 0.804. The van der Waals surface area contributed by atoms with Crippen LogP contribution in [0.5, 0.6) is 5.75 Å². The molecule has 0 saturated carbocycles. The lowest BCUT2D eigenvalue weighted by molar-refractivity contribution is -0.122. The van der Waals surface area contributed by atoms with Gasteiger partial charge in [-0.25, -0.2) is 4.79 Å². The molecule has 2 aromatic carbocycles. The second-order valence-electron chi connectivity index (χ2n) is 5.03. The molecule has 0 bridgehead atoms. The maximum absolute atomic E-state index is 12.3. The van der Waals surface area contributed by atoms with Crippen LogP contribution in [0.25, 0.3) is 0 Å². The zero-order valence-electron chi connectivity index (χ0n) is 13.4. The van der Waals surface area contributed by atoms with Crippen molar-refractivity contribution in [2.75, 3.05) is 12.4 Å². The Morgan fingerprint density at radius 3 is 2.46 bits per heavy atom. The Kier molecular flexibility index (Phi) is 6.21. The Morgan fingerprint density at radius 2 is 1.88 bits per heavy atom. The lowest BCUT2D eigenvalue weighted by Gasteiger charge is -2.17. The number of halogens is 1.